The molecule has 0 bridgehead atoms. The maximum atomic E-state index is 13.2. The molecule has 1 fully saturated rings. The summed E-state index contributed by atoms with van der Waals surface area (Å²) in [6.45, 7) is 4.23. The summed E-state index contributed by atoms with van der Waals surface area (Å²) in [6, 6.07) is -4.13. The fourth-order valence-electron chi connectivity index (χ4n) is 3.97. The molecule has 1 aliphatic rings. The van der Waals surface area contributed by atoms with Crippen molar-refractivity contribution in [3.8, 4) is 0 Å². The number of carboxylic acid groups (broad SMARTS) is 1. The van der Waals surface area contributed by atoms with E-state index < -0.39 is 53.8 Å². The van der Waals surface area contributed by atoms with Gasteiger partial charge in [-0.05, 0) is 44.4 Å². The van der Waals surface area contributed by atoms with Crippen LogP contribution in [0, 0.1) is 5.92 Å². The number of carbonyl (C=O) groups excluding carboxylic acids is 4. The molecule has 14 nitrogen and oxygen atoms in total. The largest absolute Gasteiger partial charge is 0.480 e. The normalized spacial score (nSPS) is 17.7. The van der Waals surface area contributed by atoms with Crippen LogP contribution in [0.4, 0.5) is 0 Å². The molecule has 0 spiro atoms. The number of likely N-dealkylation sites (tertiary alicyclic amines) is 1. The van der Waals surface area contributed by atoms with Crippen LogP contribution in [0.1, 0.15) is 58.8 Å². The summed E-state index contributed by atoms with van der Waals surface area (Å²) in [5.74, 6) is -3.63. The molecule has 0 aromatic heterocycles. The molecule has 0 aromatic rings. The summed E-state index contributed by atoms with van der Waals surface area (Å²) in [7, 11) is 0. The van der Waals surface area contributed by atoms with E-state index in [1.54, 1.807) is 0 Å². The van der Waals surface area contributed by atoms with Gasteiger partial charge in [0.2, 0.25) is 23.6 Å². The molecule has 0 radical (unpaired) electrons. The number of carboxylic acids is 1. The third-order valence-electron chi connectivity index (χ3n) is 5.76. The van der Waals surface area contributed by atoms with Crippen molar-refractivity contribution in [1.29, 1.82) is 0 Å². The lowest BCUT2D eigenvalue weighted by Gasteiger charge is -2.29. The van der Waals surface area contributed by atoms with Crippen molar-refractivity contribution in [2.45, 2.75) is 83.0 Å². The summed E-state index contributed by atoms with van der Waals surface area (Å²) >= 11 is 0. The van der Waals surface area contributed by atoms with Crippen molar-refractivity contribution in [3.63, 3.8) is 0 Å². The van der Waals surface area contributed by atoms with Crippen LogP contribution in [0.5, 0.6) is 0 Å². The van der Waals surface area contributed by atoms with Crippen LogP contribution in [0.15, 0.2) is 4.99 Å². The minimum absolute atomic E-state index is 0.116. The first-order valence-electron chi connectivity index (χ1n) is 12.1. The molecule has 1 saturated heterocycles. The fourth-order valence-corrected chi connectivity index (χ4v) is 3.97. The molecule has 4 amide bonds. The van der Waals surface area contributed by atoms with E-state index in [-0.39, 0.29) is 50.7 Å². The van der Waals surface area contributed by atoms with Gasteiger partial charge in [0.25, 0.3) is 0 Å². The second-order valence-electron chi connectivity index (χ2n) is 9.34. The van der Waals surface area contributed by atoms with Crippen LogP contribution in [0.25, 0.3) is 0 Å². The Balaban J connectivity index is 3.05. The zero-order chi connectivity index (χ0) is 27.4. The summed E-state index contributed by atoms with van der Waals surface area (Å²) in [5, 5.41) is 14.6. The van der Waals surface area contributed by atoms with Gasteiger partial charge in [-0.2, -0.15) is 0 Å². The van der Waals surface area contributed by atoms with Crippen molar-refractivity contribution < 1.29 is 29.1 Å². The highest BCUT2D eigenvalue weighted by molar-refractivity contribution is 5.94. The first kappa shape index (κ1) is 30.6. The van der Waals surface area contributed by atoms with Gasteiger partial charge in [-0.1, -0.05) is 13.8 Å². The van der Waals surface area contributed by atoms with Crippen LogP contribution in [0.2, 0.25) is 0 Å². The second kappa shape index (κ2) is 14.9. The molecule has 0 aliphatic carbocycles. The number of nitrogens with two attached hydrogens (primary N) is 4. The first-order valence-corrected chi connectivity index (χ1v) is 12.1. The van der Waals surface area contributed by atoms with Crippen LogP contribution in [-0.2, 0) is 24.0 Å². The summed E-state index contributed by atoms with van der Waals surface area (Å²) < 4.78 is 0. The number of aliphatic imine (C=N–C) groups is 1. The Kier molecular flexibility index (Phi) is 12.6. The van der Waals surface area contributed by atoms with Crippen molar-refractivity contribution in [2.24, 2.45) is 33.8 Å². The van der Waals surface area contributed by atoms with Crippen molar-refractivity contribution in [3.05, 3.63) is 0 Å². The Labute approximate surface area is 210 Å². The summed E-state index contributed by atoms with van der Waals surface area (Å²) in [5.41, 5.74) is 21.8. The Morgan fingerprint density at radius 3 is 2.22 bits per heavy atom. The first-order chi connectivity index (χ1) is 16.8. The van der Waals surface area contributed by atoms with Gasteiger partial charge in [-0.15, -0.1) is 0 Å². The van der Waals surface area contributed by atoms with Crippen LogP contribution < -0.4 is 33.6 Å². The molecule has 4 unspecified atom stereocenters. The fraction of sp³-hybridized carbons (Fsp3) is 0.727. The predicted octanol–water partition coefficient (Wildman–Crippen LogP) is -2.28. The number of amides is 4. The van der Waals surface area contributed by atoms with Gasteiger partial charge < -0.3 is 43.6 Å². The summed E-state index contributed by atoms with van der Waals surface area (Å²) in [6.07, 6.45) is 1.33. The number of rotatable bonds is 15. The van der Waals surface area contributed by atoms with Crippen molar-refractivity contribution in [2.75, 3.05) is 13.1 Å². The Morgan fingerprint density at radius 1 is 1.03 bits per heavy atom. The number of hydrogen-bond donors (Lipinski definition) is 7. The molecule has 204 valence electrons. The SMILES string of the molecule is CC(C)CC(N)C(=O)NC(CCCN=C(N)N)C(=O)NC(CCC(N)=O)C(=O)N1CCCC1C(=O)O. The standard InChI is InChI=1S/C22H40N8O6/c1-12(2)11-13(23)18(32)28-14(5-3-9-27-22(25)26)19(33)29-15(7-8-17(24)31)20(34)30-10-4-6-16(30)21(35)36/h12-16H,3-11,23H2,1-2H3,(H2,24,31)(H,28,32)(H,29,33)(H,35,36)(H4,25,26,27). The zero-order valence-corrected chi connectivity index (χ0v) is 20.9. The van der Waals surface area contributed by atoms with E-state index in [9.17, 15) is 29.1 Å². The van der Waals surface area contributed by atoms with E-state index in [0.29, 0.717) is 19.3 Å². The number of aliphatic carboxylic acids is 1. The van der Waals surface area contributed by atoms with E-state index in [1.165, 1.54) is 4.90 Å². The van der Waals surface area contributed by atoms with Gasteiger partial charge in [0.05, 0.1) is 6.04 Å². The third-order valence-corrected chi connectivity index (χ3v) is 5.76. The lowest BCUT2D eigenvalue weighted by Crippen LogP contribution is -2.57. The van der Waals surface area contributed by atoms with E-state index in [0.717, 1.165) is 0 Å². The number of guanidine groups is 1. The Bertz CT molecular complexity index is 829. The molecule has 14 heteroatoms. The van der Waals surface area contributed by atoms with Crippen molar-refractivity contribution in [1.82, 2.24) is 15.5 Å². The lowest BCUT2D eigenvalue weighted by atomic mass is 10.0. The van der Waals surface area contributed by atoms with Gasteiger partial charge in [0, 0.05) is 19.5 Å². The average Bonchev–Trinajstić information content (AvgIpc) is 3.27. The number of nitrogens with zero attached hydrogens (tertiary/aromatic N) is 2. The van der Waals surface area contributed by atoms with E-state index >= 15 is 0 Å². The van der Waals surface area contributed by atoms with E-state index in [1.807, 2.05) is 13.8 Å². The van der Waals surface area contributed by atoms with Gasteiger partial charge in [0.1, 0.15) is 18.1 Å². The number of primary amides is 1. The average molecular weight is 513 g/mol. The highest BCUT2D eigenvalue weighted by Gasteiger charge is 2.38. The Morgan fingerprint density at radius 2 is 1.67 bits per heavy atom. The minimum atomic E-state index is -1.20. The monoisotopic (exact) mass is 512 g/mol. The maximum absolute atomic E-state index is 13.2. The van der Waals surface area contributed by atoms with Gasteiger partial charge in [-0.3, -0.25) is 24.2 Å². The molecule has 1 aliphatic heterocycles. The minimum Gasteiger partial charge on any atom is -0.480 e. The van der Waals surface area contributed by atoms with Crippen LogP contribution in [0.3, 0.4) is 0 Å². The van der Waals surface area contributed by atoms with Crippen LogP contribution in [-0.4, -0.2) is 82.8 Å². The van der Waals surface area contributed by atoms with Gasteiger partial charge >= 0.3 is 5.97 Å². The molecule has 0 aromatic carbocycles. The molecular weight excluding hydrogens is 472 g/mol. The van der Waals surface area contributed by atoms with Crippen LogP contribution >= 0.6 is 0 Å². The number of nitrogens with one attached hydrogen (secondary N) is 2. The van der Waals surface area contributed by atoms with Gasteiger partial charge in [-0.25, -0.2) is 4.79 Å². The van der Waals surface area contributed by atoms with E-state index in [4.69, 9.17) is 22.9 Å². The molecule has 0 saturated carbocycles. The number of carbonyl (C=O) groups is 5. The van der Waals surface area contributed by atoms with Gasteiger partial charge in [0.15, 0.2) is 5.96 Å². The molecular formula is C22H40N8O6. The highest BCUT2D eigenvalue weighted by Crippen LogP contribution is 2.20. The topological polar surface area (TPSA) is 249 Å². The molecule has 1 rings (SSSR count). The highest BCUT2D eigenvalue weighted by atomic mass is 16.4. The Hall–Kier alpha value is -3.42. The number of hydrogen-bond acceptors (Lipinski definition) is 7. The smallest absolute Gasteiger partial charge is 0.326 e. The lowest BCUT2D eigenvalue weighted by molar-refractivity contribution is -0.149. The maximum Gasteiger partial charge on any atom is 0.326 e. The summed E-state index contributed by atoms with van der Waals surface area (Å²) in [4.78, 5) is 66.9. The molecule has 11 N–H and O–H groups in total. The zero-order valence-electron chi connectivity index (χ0n) is 20.9. The van der Waals surface area contributed by atoms with Crippen molar-refractivity contribution >= 4 is 35.6 Å². The second-order valence-corrected chi connectivity index (χ2v) is 9.34. The molecule has 4 atom stereocenters. The predicted molar refractivity (Wildman–Crippen MR) is 132 cm³/mol. The molecule has 36 heavy (non-hydrogen) atoms. The quantitative estimate of drug-likeness (QED) is 0.0708. The van der Waals surface area contributed by atoms with E-state index in [2.05, 4.69) is 15.6 Å². The molecule has 1 heterocycles. The third kappa shape index (κ3) is 10.5.